The Bertz CT molecular complexity index is 595. The van der Waals surface area contributed by atoms with Gasteiger partial charge in [0.2, 0.25) is 0 Å². The second-order valence-electron chi connectivity index (χ2n) is 5.51. The highest BCUT2D eigenvalue weighted by molar-refractivity contribution is 9.10. The Kier molecular flexibility index (Phi) is 5.36. The Morgan fingerprint density at radius 1 is 1.33 bits per heavy atom. The van der Waals surface area contributed by atoms with Crippen LogP contribution in [0.25, 0.3) is 0 Å². The summed E-state index contributed by atoms with van der Waals surface area (Å²) in [4.78, 5) is 4.27. The van der Waals surface area contributed by atoms with E-state index in [9.17, 15) is 0 Å². The molecule has 1 aromatic carbocycles. The van der Waals surface area contributed by atoms with E-state index in [4.69, 9.17) is 10.5 Å². The summed E-state index contributed by atoms with van der Waals surface area (Å²) in [7, 11) is 0. The van der Waals surface area contributed by atoms with Crippen molar-refractivity contribution in [3.05, 3.63) is 40.4 Å². The molecule has 2 N–H and O–H groups in total. The average Bonchev–Trinajstić information content (AvgIpc) is 2.82. The molecule has 0 fully saturated rings. The highest BCUT2D eigenvalue weighted by atomic mass is 79.9. The van der Waals surface area contributed by atoms with Crippen LogP contribution >= 0.6 is 15.9 Å². The zero-order chi connectivity index (χ0) is 15.4. The molecule has 21 heavy (non-hydrogen) atoms. The van der Waals surface area contributed by atoms with Crippen LogP contribution in [0.2, 0.25) is 0 Å². The van der Waals surface area contributed by atoms with Gasteiger partial charge < -0.3 is 10.5 Å². The predicted octanol–water partition coefficient (Wildman–Crippen LogP) is 3.30. The van der Waals surface area contributed by atoms with Gasteiger partial charge in [-0.15, -0.1) is 0 Å². The minimum Gasteiger partial charge on any atom is -0.485 e. The standard InChI is InChI=1S/C15H21BrN4O/c1-10(2)7-20-15(18-9-19-20)8-21-14-6-12(16)4-5-13(14)11(3)17/h4-6,9-11H,7-8,17H2,1-3H3. The first-order valence-electron chi connectivity index (χ1n) is 7.02. The molecule has 2 aromatic rings. The first-order valence-corrected chi connectivity index (χ1v) is 7.81. The lowest BCUT2D eigenvalue weighted by molar-refractivity contribution is 0.278. The first kappa shape index (κ1) is 16.0. The molecule has 1 unspecified atom stereocenters. The van der Waals surface area contributed by atoms with E-state index in [1.807, 2.05) is 29.8 Å². The minimum absolute atomic E-state index is 0.0818. The molecular weight excluding hydrogens is 332 g/mol. The van der Waals surface area contributed by atoms with Crippen molar-refractivity contribution < 1.29 is 4.74 Å². The van der Waals surface area contributed by atoms with Gasteiger partial charge in [0.1, 0.15) is 18.7 Å². The third kappa shape index (κ3) is 4.28. The Morgan fingerprint density at radius 2 is 2.10 bits per heavy atom. The van der Waals surface area contributed by atoms with Crippen LogP contribution in [0.15, 0.2) is 29.0 Å². The molecule has 1 aromatic heterocycles. The number of nitrogens with zero attached hydrogens (tertiary/aromatic N) is 3. The fourth-order valence-electron chi connectivity index (χ4n) is 2.05. The summed E-state index contributed by atoms with van der Waals surface area (Å²) in [5, 5.41) is 4.24. The zero-order valence-corrected chi connectivity index (χ0v) is 14.2. The van der Waals surface area contributed by atoms with Crippen LogP contribution in [0.5, 0.6) is 5.75 Å². The van der Waals surface area contributed by atoms with Crippen LogP contribution in [-0.2, 0) is 13.2 Å². The number of hydrogen-bond donors (Lipinski definition) is 1. The number of rotatable bonds is 6. The summed E-state index contributed by atoms with van der Waals surface area (Å²) in [5.41, 5.74) is 6.96. The molecule has 0 spiro atoms. The highest BCUT2D eigenvalue weighted by Gasteiger charge is 2.11. The highest BCUT2D eigenvalue weighted by Crippen LogP contribution is 2.28. The van der Waals surface area contributed by atoms with Crippen molar-refractivity contribution >= 4 is 15.9 Å². The van der Waals surface area contributed by atoms with Crippen molar-refractivity contribution in [3.8, 4) is 5.75 Å². The van der Waals surface area contributed by atoms with E-state index in [2.05, 4.69) is 39.9 Å². The van der Waals surface area contributed by atoms with Crippen LogP contribution in [0.4, 0.5) is 0 Å². The number of benzene rings is 1. The van der Waals surface area contributed by atoms with Gasteiger partial charge in [-0.25, -0.2) is 9.67 Å². The molecule has 0 bridgehead atoms. The largest absolute Gasteiger partial charge is 0.485 e. The Hall–Kier alpha value is -1.40. The van der Waals surface area contributed by atoms with Crippen molar-refractivity contribution in [2.24, 2.45) is 11.7 Å². The van der Waals surface area contributed by atoms with Crippen LogP contribution < -0.4 is 10.5 Å². The van der Waals surface area contributed by atoms with Gasteiger partial charge >= 0.3 is 0 Å². The number of ether oxygens (including phenoxy) is 1. The molecule has 1 atom stereocenters. The molecule has 0 aliphatic carbocycles. The lowest BCUT2D eigenvalue weighted by Crippen LogP contribution is -2.13. The lowest BCUT2D eigenvalue weighted by atomic mass is 10.1. The Balaban J connectivity index is 2.13. The summed E-state index contributed by atoms with van der Waals surface area (Å²) < 4.78 is 8.76. The van der Waals surface area contributed by atoms with E-state index in [1.54, 1.807) is 6.33 Å². The van der Waals surface area contributed by atoms with Gasteiger partial charge in [-0.3, -0.25) is 0 Å². The molecule has 1 heterocycles. The van der Waals surface area contributed by atoms with Gasteiger partial charge in [0.15, 0.2) is 5.82 Å². The van der Waals surface area contributed by atoms with E-state index < -0.39 is 0 Å². The van der Waals surface area contributed by atoms with Gasteiger partial charge in [0.05, 0.1) is 0 Å². The summed E-state index contributed by atoms with van der Waals surface area (Å²) in [6, 6.07) is 5.79. The van der Waals surface area contributed by atoms with Crippen molar-refractivity contribution in [2.45, 2.75) is 40.0 Å². The average molecular weight is 353 g/mol. The fraction of sp³-hybridized carbons (Fsp3) is 0.467. The Morgan fingerprint density at radius 3 is 2.76 bits per heavy atom. The van der Waals surface area contributed by atoms with Gasteiger partial charge in [-0.05, 0) is 25.0 Å². The van der Waals surface area contributed by atoms with Crippen LogP contribution in [0, 0.1) is 5.92 Å². The number of hydrogen-bond acceptors (Lipinski definition) is 4. The molecule has 0 amide bonds. The summed E-state index contributed by atoms with van der Waals surface area (Å²) >= 11 is 3.46. The van der Waals surface area contributed by atoms with Crippen molar-refractivity contribution in [3.63, 3.8) is 0 Å². The number of nitrogens with two attached hydrogens (primary N) is 1. The normalized spacial score (nSPS) is 12.7. The lowest BCUT2D eigenvalue weighted by Gasteiger charge is -2.15. The maximum Gasteiger partial charge on any atom is 0.164 e. The molecule has 6 heteroatoms. The maximum absolute atomic E-state index is 5.98. The molecule has 0 aliphatic rings. The van der Waals surface area contributed by atoms with Crippen molar-refractivity contribution in [1.82, 2.24) is 14.8 Å². The second-order valence-corrected chi connectivity index (χ2v) is 6.43. The van der Waals surface area contributed by atoms with Crippen LogP contribution in [0.1, 0.15) is 38.2 Å². The first-order chi connectivity index (χ1) is 9.97. The van der Waals surface area contributed by atoms with E-state index in [0.29, 0.717) is 12.5 Å². The Labute approximate surface area is 133 Å². The van der Waals surface area contributed by atoms with Crippen molar-refractivity contribution in [1.29, 1.82) is 0 Å². The molecular formula is C15H21BrN4O. The molecule has 0 radical (unpaired) electrons. The van der Waals surface area contributed by atoms with E-state index in [1.165, 1.54) is 0 Å². The smallest absolute Gasteiger partial charge is 0.164 e. The van der Waals surface area contributed by atoms with Gasteiger partial charge in [-0.1, -0.05) is 35.8 Å². The van der Waals surface area contributed by atoms with Gasteiger partial charge in [-0.2, -0.15) is 5.10 Å². The molecule has 2 rings (SSSR count). The summed E-state index contributed by atoms with van der Waals surface area (Å²) in [5.74, 6) is 2.11. The third-order valence-electron chi connectivity index (χ3n) is 3.06. The van der Waals surface area contributed by atoms with E-state index in [0.717, 1.165) is 28.2 Å². The van der Waals surface area contributed by atoms with Crippen LogP contribution in [0.3, 0.4) is 0 Å². The maximum atomic E-state index is 5.98. The quantitative estimate of drug-likeness (QED) is 0.865. The monoisotopic (exact) mass is 352 g/mol. The second kappa shape index (κ2) is 7.04. The predicted molar refractivity (Wildman–Crippen MR) is 85.9 cm³/mol. The SMILES string of the molecule is CC(C)Cn1ncnc1COc1cc(Br)ccc1C(C)N. The zero-order valence-electron chi connectivity index (χ0n) is 12.6. The van der Waals surface area contributed by atoms with E-state index >= 15 is 0 Å². The molecule has 114 valence electrons. The van der Waals surface area contributed by atoms with Gasteiger partial charge in [0.25, 0.3) is 0 Å². The molecule has 0 saturated heterocycles. The number of halogens is 1. The summed E-state index contributed by atoms with van der Waals surface area (Å²) in [6.07, 6.45) is 1.56. The van der Waals surface area contributed by atoms with Gasteiger partial charge in [0, 0.05) is 22.6 Å². The minimum atomic E-state index is -0.0818. The molecule has 0 aliphatic heterocycles. The topological polar surface area (TPSA) is 66.0 Å². The fourth-order valence-corrected chi connectivity index (χ4v) is 2.39. The summed E-state index contributed by atoms with van der Waals surface area (Å²) in [6.45, 7) is 7.45. The third-order valence-corrected chi connectivity index (χ3v) is 3.55. The van der Waals surface area contributed by atoms with Crippen molar-refractivity contribution in [2.75, 3.05) is 0 Å². The van der Waals surface area contributed by atoms with Crippen LogP contribution in [-0.4, -0.2) is 14.8 Å². The van der Waals surface area contributed by atoms with E-state index in [-0.39, 0.29) is 6.04 Å². The molecule has 0 saturated carbocycles. The molecule has 5 nitrogen and oxygen atoms in total. The number of aromatic nitrogens is 3.